The standard InChI is InChI=1S/C14H15N5O3S/c20-11(8-18-12(21)2-3-13(18)22)15-6-4-10-9-23-14(17-10)19-7-1-5-16-19/h1,5,7,9H,2-4,6,8H2,(H,15,20). The van der Waals surface area contributed by atoms with Gasteiger partial charge in [-0.25, -0.2) is 9.67 Å². The van der Waals surface area contributed by atoms with Crippen molar-refractivity contribution in [1.82, 2.24) is 25.0 Å². The fourth-order valence-electron chi connectivity index (χ4n) is 2.23. The van der Waals surface area contributed by atoms with Crippen LogP contribution in [0.4, 0.5) is 0 Å². The van der Waals surface area contributed by atoms with Gasteiger partial charge in [0, 0.05) is 43.6 Å². The van der Waals surface area contributed by atoms with Crippen LogP contribution in [0.3, 0.4) is 0 Å². The molecule has 2 aromatic heterocycles. The van der Waals surface area contributed by atoms with Crippen LogP contribution in [0.1, 0.15) is 18.5 Å². The van der Waals surface area contributed by atoms with Crippen LogP contribution in [-0.4, -0.2) is 50.5 Å². The third-order valence-electron chi connectivity index (χ3n) is 3.40. The van der Waals surface area contributed by atoms with Crippen molar-refractivity contribution in [3.63, 3.8) is 0 Å². The maximum Gasteiger partial charge on any atom is 0.240 e. The number of hydrogen-bond donors (Lipinski definition) is 1. The Morgan fingerprint density at radius 1 is 1.30 bits per heavy atom. The monoisotopic (exact) mass is 333 g/mol. The lowest BCUT2D eigenvalue weighted by Gasteiger charge is -2.13. The second-order valence-corrected chi connectivity index (χ2v) is 5.88. The van der Waals surface area contributed by atoms with E-state index < -0.39 is 0 Å². The van der Waals surface area contributed by atoms with Gasteiger partial charge in [0.2, 0.25) is 22.9 Å². The molecule has 0 bridgehead atoms. The van der Waals surface area contributed by atoms with Gasteiger partial charge >= 0.3 is 0 Å². The SMILES string of the molecule is O=C(CN1C(=O)CCC1=O)NCCc1csc(-n2cccn2)n1. The summed E-state index contributed by atoms with van der Waals surface area (Å²) in [5.74, 6) is -0.904. The molecule has 120 valence electrons. The van der Waals surface area contributed by atoms with E-state index in [0.717, 1.165) is 15.7 Å². The van der Waals surface area contributed by atoms with E-state index in [4.69, 9.17) is 0 Å². The normalized spacial score (nSPS) is 14.5. The number of hydrogen-bond acceptors (Lipinski definition) is 6. The molecule has 0 spiro atoms. The summed E-state index contributed by atoms with van der Waals surface area (Å²) in [4.78, 5) is 40.1. The fourth-order valence-corrected chi connectivity index (χ4v) is 3.02. The van der Waals surface area contributed by atoms with Gasteiger partial charge in [-0.3, -0.25) is 19.3 Å². The molecule has 0 atom stereocenters. The van der Waals surface area contributed by atoms with Crippen LogP contribution < -0.4 is 5.32 Å². The van der Waals surface area contributed by atoms with Crippen molar-refractivity contribution in [2.75, 3.05) is 13.1 Å². The van der Waals surface area contributed by atoms with Gasteiger partial charge in [-0.2, -0.15) is 5.10 Å². The molecule has 8 nitrogen and oxygen atoms in total. The molecule has 0 unspecified atom stereocenters. The third kappa shape index (κ3) is 3.62. The lowest BCUT2D eigenvalue weighted by atomic mass is 10.3. The summed E-state index contributed by atoms with van der Waals surface area (Å²) in [5, 5.41) is 9.49. The second kappa shape index (κ2) is 6.69. The van der Waals surface area contributed by atoms with Crippen molar-refractivity contribution < 1.29 is 14.4 Å². The summed E-state index contributed by atoms with van der Waals surface area (Å²) in [5.41, 5.74) is 0.856. The van der Waals surface area contributed by atoms with Crippen LogP contribution in [0.5, 0.6) is 0 Å². The molecule has 3 heterocycles. The van der Waals surface area contributed by atoms with E-state index in [-0.39, 0.29) is 37.1 Å². The molecule has 1 saturated heterocycles. The zero-order valence-corrected chi connectivity index (χ0v) is 13.1. The minimum Gasteiger partial charge on any atom is -0.354 e. The molecule has 0 radical (unpaired) electrons. The summed E-state index contributed by atoms with van der Waals surface area (Å²) < 4.78 is 1.68. The van der Waals surface area contributed by atoms with E-state index in [0.29, 0.717) is 13.0 Å². The highest BCUT2D eigenvalue weighted by molar-refractivity contribution is 7.12. The Kier molecular flexibility index (Phi) is 4.47. The zero-order chi connectivity index (χ0) is 16.2. The smallest absolute Gasteiger partial charge is 0.240 e. The van der Waals surface area contributed by atoms with Crippen molar-refractivity contribution in [2.24, 2.45) is 0 Å². The zero-order valence-electron chi connectivity index (χ0n) is 12.3. The first-order valence-corrected chi connectivity index (χ1v) is 8.06. The summed E-state index contributed by atoms with van der Waals surface area (Å²) in [6, 6.07) is 1.82. The molecule has 3 rings (SSSR count). The van der Waals surface area contributed by atoms with Crippen LogP contribution in [0.25, 0.3) is 5.13 Å². The Morgan fingerprint density at radius 2 is 2.09 bits per heavy atom. The summed E-state index contributed by atoms with van der Waals surface area (Å²) in [7, 11) is 0. The van der Waals surface area contributed by atoms with Gasteiger partial charge in [0.1, 0.15) is 6.54 Å². The van der Waals surface area contributed by atoms with E-state index >= 15 is 0 Å². The molecule has 1 N–H and O–H groups in total. The maximum absolute atomic E-state index is 11.8. The first-order valence-electron chi connectivity index (χ1n) is 7.18. The number of amides is 3. The molecule has 1 fully saturated rings. The molecule has 1 aliphatic rings. The first kappa shape index (κ1) is 15.3. The summed E-state index contributed by atoms with van der Waals surface area (Å²) >= 11 is 1.47. The van der Waals surface area contributed by atoms with Gasteiger partial charge in [-0.05, 0) is 6.07 Å². The van der Waals surface area contributed by atoms with E-state index in [9.17, 15) is 14.4 Å². The van der Waals surface area contributed by atoms with E-state index in [2.05, 4.69) is 15.4 Å². The van der Waals surface area contributed by atoms with E-state index in [1.807, 2.05) is 17.6 Å². The number of imide groups is 1. The Morgan fingerprint density at radius 3 is 2.78 bits per heavy atom. The molecule has 2 aromatic rings. The van der Waals surface area contributed by atoms with Crippen LogP contribution in [0.15, 0.2) is 23.8 Å². The second-order valence-electron chi connectivity index (χ2n) is 5.05. The van der Waals surface area contributed by atoms with Crippen molar-refractivity contribution in [3.05, 3.63) is 29.5 Å². The van der Waals surface area contributed by atoms with Crippen LogP contribution in [0, 0.1) is 0 Å². The van der Waals surface area contributed by atoms with E-state index in [1.54, 1.807) is 10.9 Å². The molecule has 9 heteroatoms. The molecular weight excluding hydrogens is 318 g/mol. The number of thiazole rings is 1. The van der Waals surface area contributed by atoms with Crippen LogP contribution in [0.2, 0.25) is 0 Å². The number of nitrogens with zero attached hydrogens (tertiary/aromatic N) is 4. The van der Waals surface area contributed by atoms with Crippen LogP contribution in [-0.2, 0) is 20.8 Å². The quantitative estimate of drug-likeness (QED) is 0.758. The lowest BCUT2D eigenvalue weighted by Crippen LogP contribution is -2.40. The van der Waals surface area contributed by atoms with Gasteiger partial charge < -0.3 is 5.32 Å². The number of carbonyl (C=O) groups excluding carboxylic acids is 3. The highest BCUT2D eigenvalue weighted by Gasteiger charge is 2.30. The highest BCUT2D eigenvalue weighted by Crippen LogP contribution is 2.14. The first-order chi connectivity index (χ1) is 11.1. The summed E-state index contributed by atoms with van der Waals surface area (Å²) in [6.45, 7) is 0.199. The molecular formula is C14H15N5O3S. The van der Waals surface area contributed by atoms with Gasteiger partial charge in [0.15, 0.2) is 0 Å². The van der Waals surface area contributed by atoms with Gasteiger partial charge in [-0.1, -0.05) is 0 Å². The number of nitrogens with one attached hydrogen (secondary N) is 1. The van der Waals surface area contributed by atoms with Crippen molar-refractivity contribution in [2.45, 2.75) is 19.3 Å². The predicted octanol–water partition coefficient (Wildman–Crippen LogP) is 0.136. The summed E-state index contributed by atoms with van der Waals surface area (Å²) in [6.07, 6.45) is 4.46. The average Bonchev–Trinajstić information content (AvgIpc) is 3.25. The van der Waals surface area contributed by atoms with E-state index in [1.165, 1.54) is 11.3 Å². The number of carbonyl (C=O) groups is 3. The van der Waals surface area contributed by atoms with Gasteiger partial charge in [0.05, 0.1) is 5.69 Å². The number of aromatic nitrogens is 3. The lowest BCUT2D eigenvalue weighted by molar-refractivity contribution is -0.142. The Bertz CT molecular complexity index is 709. The topological polar surface area (TPSA) is 97.2 Å². The molecule has 0 aromatic carbocycles. The highest BCUT2D eigenvalue weighted by atomic mass is 32.1. The average molecular weight is 333 g/mol. The van der Waals surface area contributed by atoms with Crippen molar-refractivity contribution >= 4 is 29.1 Å². The Labute approximate surface area is 136 Å². The maximum atomic E-state index is 11.8. The minimum atomic E-state index is -0.337. The Balaban J connectivity index is 1.45. The molecule has 23 heavy (non-hydrogen) atoms. The predicted molar refractivity (Wildman–Crippen MR) is 81.9 cm³/mol. The fraction of sp³-hybridized carbons (Fsp3) is 0.357. The van der Waals surface area contributed by atoms with Crippen molar-refractivity contribution in [3.8, 4) is 5.13 Å². The molecule has 1 aliphatic heterocycles. The number of likely N-dealkylation sites (tertiary alicyclic amines) is 1. The molecule has 0 aliphatic carbocycles. The third-order valence-corrected chi connectivity index (χ3v) is 4.28. The molecule has 0 saturated carbocycles. The largest absolute Gasteiger partial charge is 0.354 e. The van der Waals surface area contributed by atoms with Crippen molar-refractivity contribution in [1.29, 1.82) is 0 Å². The van der Waals surface area contributed by atoms with Gasteiger partial charge in [-0.15, -0.1) is 11.3 Å². The number of rotatable bonds is 6. The Hall–Kier alpha value is -2.55. The van der Waals surface area contributed by atoms with Gasteiger partial charge in [0.25, 0.3) is 0 Å². The molecule has 3 amide bonds. The van der Waals surface area contributed by atoms with Crippen LogP contribution >= 0.6 is 11.3 Å². The minimum absolute atomic E-state index is 0.196.